The molecule has 3 rings (SSSR count). The van der Waals surface area contributed by atoms with E-state index in [1.807, 2.05) is 0 Å². The maximum Gasteiger partial charge on any atom is 0.335 e. The van der Waals surface area contributed by atoms with Gasteiger partial charge in [0.15, 0.2) is 5.13 Å². The lowest BCUT2D eigenvalue weighted by atomic mass is 10.2. The number of aromatic nitrogens is 1. The first-order chi connectivity index (χ1) is 9.13. The molecule has 0 atom stereocenters. The van der Waals surface area contributed by atoms with Gasteiger partial charge in [-0.25, -0.2) is 9.78 Å². The molecule has 5 nitrogen and oxygen atoms in total. The van der Waals surface area contributed by atoms with Crippen molar-refractivity contribution in [3.8, 4) is 0 Å². The number of hydrogen-bond donors (Lipinski definition) is 3. The number of carboxylic acid groups (broad SMARTS) is 1. The summed E-state index contributed by atoms with van der Waals surface area (Å²) in [6, 6.07) is 4.65. The van der Waals surface area contributed by atoms with Gasteiger partial charge < -0.3 is 16.2 Å². The van der Waals surface area contributed by atoms with Gasteiger partial charge in [-0.15, -0.1) is 11.3 Å². The van der Waals surface area contributed by atoms with Crippen LogP contribution in [-0.2, 0) is 12.8 Å². The van der Waals surface area contributed by atoms with Gasteiger partial charge in [0.2, 0.25) is 0 Å². The van der Waals surface area contributed by atoms with Crippen LogP contribution in [0.4, 0.5) is 16.5 Å². The molecule has 0 spiro atoms. The average Bonchev–Trinajstić information content (AvgIpc) is 2.92. The lowest BCUT2D eigenvalue weighted by Gasteiger charge is -2.07. The number of nitrogens with one attached hydrogen (secondary N) is 1. The van der Waals surface area contributed by atoms with Gasteiger partial charge in [0.1, 0.15) is 0 Å². The number of nitrogens with two attached hydrogens (primary N) is 1. The number of fused-ring (bicyclic) bond motifs is 1. The Kier molecular flexibility index (Phi) is 2.87. The van der Waals surface area contributed by atoms with Crippen molar-refractivity contribution >= 4 is 33.8 Å². The summed E-state index contributed by atoms with van der Waals surface area (Å²) < 4.78 is 0. The monoisotopic (exact) mass is 275 g/mol. The Labute approximate surface area is 114 Å². The van der Waals surface area contributed by atoms with E-state index < -0.39 is 5.97 Å². The standard InChI is InChI=1S/C13H13N3O2S/c14-8-6-7(12(17)18)4-5-9(8)15-13-16-10-2-1-3-11(10)19-13/h4-6H,1-3,14H2,(H,15,16)(H,17,18). The maximum absolute atomic E-state index is 10.8. The van der Waals surface area contributed by atoms with Crippen molar-refractivity contribution in [2.75, 3.05) is 11.1 Å². The number of nitrogens with zero attached hydrogens (tertiary/aromatic N) is 1. The van der Waals surface area contributed by atoms with E-state index >= 15 is 0 Å². The molecule has 1 aromatic carbocycles. The van der Waals surface area contributed by atoms with E-state index in [1.165, 1.54) is 29.1 Å². The summed E-state index contributed by atoms with van der Waals surface area (Å²) in [6.07, 6.45) is 3.33. The second-order valence-electron chi connectivity index (χ2n) is 4.47. The molecule has 1 heterocycles. The van der Waals surface area contributed by atoms with Crippen molar-refractivity contribution in [3.63, 3.8) is 0 Å². The number of anilines is 3. The molecular formula is C13H13N3O2S. The van der Waals surface area contributed by atoms with Crippen LogP contribution in [0.2, 0.25) is 0 Å². The zero-order chi connectivity index (χ0) is 13.4. The van der Waals surface area contributed by atoms with Crippen molar-refractivity contribution in [3.05, 3.63) is 34.3 Å². The topological polar surface area (TPSA) is 88.2 Å². The Morgan fingerprint density at radius 1 is 1.42 bits per heavy atom. The van der Waals surface area contributed by atoms with Gasteiger partial charge in [-0.05, 0) is 37.5 Å². The molecule has 0 unspecified atom stereocenters. The predicted molar refractivity (Wildman–Crippen MR) is 75.2 cm³/mol. The van der Waals surface area contributed by atoms with Crippen LogP contribution >= 0.6 is 11.3 Å². The Bertz CT molecular complexity index is 630. The van der Waals surface area contributed by atoms with Gasteiger partial charge in [0.05, 0.1) is 22.6 Å². The predicted octanol–water partition coefficient (Wildman–Crippen LogP) is 2.66. The van der Waals surface area contributed by atoms with E-state index in [1.54, 1.807) is 17.4 Å². The number of aryl methyl sites for hydroxylation is 2. The van der Waals surface area contributed by atoms with Crippen LogP contribution in [-0.4, -0.2) is 16.1 Å². The summed E-state index contributed by atoms with van der Waals surface area (Å²) in [4.78, 5) is 16.7. The number of rotatable bonds is 3. The van der Waals surface area contributed by atoms with Gasteiger partial charge in [-0.2, -0.15) is 0 Å². The molecular weight excluding hydrogens is 262 g/mol. The van der Waals surface area contributed by atoms with Gasteiger partial charge in [-0.1, -0.05) is 0 Å². The molecule has 19 heavy (non-hydrogen) atoms. The van der Waals surface area contributed by atoms with Crippen molar-refractivity contribution in [2.45, 2.75) is 19.3 Å². The van der Waals surface area contributed by atoms with Crippen molar-refractivity contribution in [2.24, 2.45) is 0 Å². The van der Waals surface area contributed by atoms with E-state index in [9.17, 15) is 4.79 Å². The molecule has 0 saturated heterocycles. The Balaban J connectivity index is 1.84. The highest BCUT2D eigenvalue weighted by Crippen LogP contribution is 2.33. The van der Waals surface area contributed by atoms with Crippen LogP contribution in [0.15, 0.2) is 18.2 Å². The van der Waals surface area contributed by atoms with Crippen LogP contribution in [0, 0.1) is 0 Å². The van der Waals surface area contributed by atoms with Crippen LogP contribution in [0.3, 0.4) is 0 Å². The van der Waals surface area contributed by atoms with E-state index in [0.29, 0.717) is 11.4 Å². The first-order valence-electron chi connectivity index (χ1n) is 6.02. The SMILES string of the molecule is Nc1cc(C(=O)O)ccc1Nc1nc2c(s1)CCC2. The molecule has 6 heteroatoms. The number of aromatic carboxylic acids is 1. The third kappa shape index (κ3) is 2.26. The van der Waals surface area contributed by atoms with E-state index in [-0.39, 0.29) is 5.56 Å². The summed E-state index contributed by atoms with van der Waals surface area (Å²) in [6.45, 7) is 0. The normalized spacial score (nSPS) is 13.3. The lowest BCUT2D eigenvalue weighted by molar-refractivity contribution is 0.0697. The fourth-order valence-electron chi connectivity index (χ4n) is 2.17. The van der Waals surface area contributed by atoms with Crippen LogP contribution in [0.25, 0.3) is 0 Å². The molecule has 4 N–H and O–H groups in total. The summed E-state index contributed by atoms with van der Waals surface area (Å²) in [7, 11) is 0. The molecule has 0 saturated carbocycles. The average molecular weight is 275 g/mol. The number of nitrogen functional groups attached to an aromatic ring is 1. The van der Waals surface area contributed by atoms with Crippen molar-refractivity contribution in [1.29, 1.82) is 0 Å². The molecule has 0 bridgehead atoms. The number of benzene rings is 1. The molecule has 1 aromatic heterocycles. The quantitative estimate of drug-likeness (QED) is 0.749. The molecule has 98 valence electrons. The van der Waals surface area contributed by atoms with Gasteiger partial charge >= 0.3 is 5.97 Å². The second kappa shape index (κ2) is 4.55. The van der Waals surface area contributed by atoms with E-state index in [4.69, 9.17) is 10.8 Å². The molecule has 0 aliphatic heterocycles. The smallest absolute Gasteiger partial charge is 0.335 e. The van der Waals surface area contributed by atoms with Crippen LogP contribution in [0.1, 0.15) is 27.3 Å². The van der Waals surface area contributed by atoms with Crippen molar-refractivity contribution in [1.82, 2.24) is 4.98 Å². The van der Waals surface area contributed by atoms with Crippen LogP contribution in [0.5, 0.6) is 0 Å². The highest BCUT2D eigenvalue weighted by molar-refractivity contribution is 7.15. The zero-order valence-corrected chi connectivity index (χ0v) is 11.0. The van der Waals surface area contributed by atoms with Gasteiger partial charge in [-0.3, -0.25) is 0 Å². The minimum absolute atomic E-state index is 0.185. The maximum atomic E-state index is 10.8. The van der Waals surface area contributed by atoms with Gasteiger partial charge in [0.25, 0.3) is 0 Å². The highest BCUT2D eigenvalue weighted by Gasteiger charge is 2.17. The van der Waals surface area contributed by atoms with Crippen molar-refractivity contribution < 1.29 is 9.90 Å². The summed E-state index contributed by atoms with van der Waals surface area (Å²) in [5, 5.41) is 12.9. The summed E-state index contributed by atoms with van der Waals surface area (Å²) >= 11 is 1.64. The minimum atomic E-state index is -0.980. The largest absolute Gasteiger partial charge is 0.478 e. The lowest BCUT2D eigenvalue weighted by Crippen LogP contribution is -2.01. The van der Waals surface area contributed by atoms with E-state index in [2.05, 4.69) is 10.3 Å². The molecule has 1 aliphatic rings. The van der Waals surface area contributed by atoms with Gasteiger partial charge in [0, 0.05) is 4.88 Å². The Morgan fingerprint density at radius 3 is 2.95 bits per heavy atom. The molecule has 1 aliphatic carbocycles. The Morgan fingerprint density at radius 2 is 2.26 bits per heavy atom. The third-order valence-electron chi connectivity index (χ3n) is 3.14. The fraction of sp³-hybridized carbons (Fsp3) is 0.231. The number of thiazole rings is 1. The number of carboxylic acids is 1. The molecule has 0 fully saturated rings. The fourth-order valence-corrected chi connectivity index (χ4v) is 3.23. The molecule has 0 radical (unpaired) electrons. The van der Waals surface area contributed by atoms with Crippen LogP contribution < -0.4 is 11.1 Å². The van der Waals surface area contributed by atoms with E-state index in [0.717, 1.165) is 18.0 Å². The zero-order valence-electron chi connectivity index (χ0n) is 10.1. The third-order valence-corrected chi connectivity index (χ3v) is 4.21. The first kappa shape index (κ1) is 12.0. The number of carbonyl (C=O) groups is 1. The second-order valence-corrected chi connectivity index (χ2v) is 5.56. The highest BCUT2D eigenvalue weighted by atomic mass is 32.1. The Hall–Kier alpha value is -2.08. The molecule has 0 amide bonds. The minimum Gasteiger partial charge on any atom is -0.478 e. The summed E-state index contributed by atoms with van der Waals surface area (Å²) in [5.74, 6) is -0.980. The first-order valence-corrected chi connectivity index (χ1v) is 6.83. The number of hydrogen-bond acceptors (Lipinski definition) is 5. The summed E-state index contributed by atoms with van der Waals surface area (Å²) in [5.41, 5.74) is 8.31. The molecule has 2 aromatic rings.